The Hall–Kier alpha value is -1.51. The van der Waals surface area contributed by atoms with Gasteiger partial charge in [0.05, 0.1) is 5.41 Å². The van der Waals surface area contributed by atoms with Gasteiger partial charge in [0.25, 0.3) is 0 Å². The average molecular weight is 367 g/mol. The summed E-state index contributed by atoms with van der Waals surface area (Å²) in [5, 5.41) is 0. The number of carbonyl (C=O) groups excluding carboxylic acids is 1. The number of amides is 1. The minimum absolute atomic E-state index is 0.0814. The van der Waals surface area contributed by atoms with E-state index in [9.17, 15) is 4.79 Å². The van der Waals surface area contributed by atoms with Crippen LogP contribution in [-0.2, 0) is 4.79 Å². The minimum atomic E-state index is -0.0814. The van der Waals surface area contributed by atoms with E-state index in [0.29, 0.717) is 22.2 Å². The summed E-state index contributed by atoms with van der Waals surface area (Å²) in [6.07, 6.45) is 7.36. The Balaban J connectivity index is 1.35. The lowest BCUT2D eigenvalue weighted by molar-refractivity contribution is -0.199. The molecule has 1 aromatic carbocycles. The molecular weight excluding hydrogens is 332 g/mol. The van der Waals surface area contributed by atoms with Gasteiger partial charge in [0.1, 0.15) is 0 Å². The third-order valence-corrected chi connectivity index (χ3v) is 8.00. The lowest BCUT2D eigenvalue weighted by atomic mass is 9.36. The van der Waals surface area contributed by atoms with Crippen molar-refractivity contribution in [1.82, 2.24) is 4.90 Å². The SMILES string of the molecule is CC12CC3(C)CC(C)(C1)CC(C(=O)N1CCN(c4ccccc4)CC1)(C2)C3. The molecule has 0 unspecified atom stereocenters. The number of carbonyl (C=O) groups is 1. The molecule has 3 heteroatoms. The number of piperazine rings is 1. The molecule has 1 aromatic rings. The molecule has 0 radical (unpaired) electrons. The highest BCUT2D eigenvalue weighted by molar-refractivity contribution is 5.84. The molecule has 4 bridgehead atoms. The fourth-order valence-corrected chi connectivity index (χ4v) is 8.66. The van der Waals surface area contributed by atoms with Gasteiger partial charge in [0.2, 0.25) is 5.91 Å². The quantitative estimate of drug-likeness (QED) is 0.756. The summed E-state index contributed by atoms with van der Waals surface area (Å²) in [7, 11) is 0. The van der Waals surface area contributed by atoms with Crippen LogP contribution in [0.2, 0.25) is 0 Å². The maximum Gasteiger partial charge on any atom is 0.228 e. The minimum Gasteiger partial charge on any atom is -0.368 e. The van der Waals surface area contributed by atoms with Crippen molar-refractivity contribution in [3.8, 4) is 0 Å². The molecule has 5 aliphatic rings. The van der Waals surface area contributed by atoms with Gasteiger partial charge in [-0.15, -0.1) is 0 Å². The van der Waals surface area contributed by atoms with Gasteiger partial charge in [-0.25, -0.2) is 0 Å². The number of hydrogen-bond acceptors (Lipinski definition) is 2. The van der Waals surface area contributed by atoms with Crippen molar-refractivity contribution in [1.29, 1.82) is 0 Å². The summed E-state index contributed by atoms with van der Waals surface area (Å²) in [6.45, 7) is 11.1. The van der Waals surface area contributed by atoms with E-state index in [1.54, 1.807) is 0 Å². The fraction of sp³-hybridized carbons (Fsp3) is 0.708. The smallest absolute Gasteiger partial charge is 0.228 e. The molecule has 6 rings (SSSR count). The van der Waals surface area contributed by atoms with E-state index in [2.05, 4.69) is 60.9 Å². The van der Waals surface area contributed by atoms with Gasteiger partial charge in [-0.3, -0.25) is 4.79 Å². The number of benzene rings is 1. The van der Waals surface area contributed by atoms with Crippen LogP contribution >= 0.6 is 0 Å². The molecule has 27 heavy (non-hydrogen) atoms. The van der Waals surface area contributed by atoms with E-state index in [4.69, 9.17) is 0 Å². The summed E-state index contributed by atoms with van der Waals surface area (Å²) < 4.78 is 0. The van der Waals surface area contributed by atoms with Crippen molar-refractivity contribution in [2.24, 2.45) is 21.7 Å². The number of anilines is 1. The van der Waals surface area contributed by atoms with Crippen molar-refractivity contribution in [3.63, 3.8) is 0 Å². The largest absolute Gasteiger partial charge is 0.368 e. The van der Waals surface area contributed by atoms with Gasteiger partial charge < -0.3 is 9.80 Å². The second-order valence-electron chi connectivity index (χ2n) is 11.4. The second kappa shape index (κ2) is 5.52. The molecule has 1 saturated heterocycles. The molecule has 5 fully saturated rings. The van der Waals surface area contributed by atoms with Crippen molar-refractivity contribution in [2.75, 3.05) is 31.1 Å². The van der Waals surface area contributed by atoms with Crippen LogP contribution in [-0.4, -0.2) is 37.0 Å². The molecule has 3 nitrogen and oxygen atoms in total. The Morgan fingerprint density at radius 2 is 1.22 bits per heavy atom. The first-order valence-electron chi connectivity index (χ1n) is 10.8. The molecule has 0 atom stereocenters. The van der Waals surface area contributed by atoms with Gasteiger partial charge in [-0.2, -0.15) is 0 Å². The van der Waals surface area contributed by atoms with Crippen molar-refractivity contribution in [2.45, 2.75) is 59.3 Å². The van der Waals surface area contributed by atoms with E-state index >= 15 is 0 Å². The van der Waals surface area contributed by atoms with E-state index in [1.165, 1.54) is 24.9 Å². The van der Waals surface area contributed by atoms with Crippen LogP contribution in [0.1, 0.15) is 59.3 Å². The molecule has 0 aromatic heterocycles. The zero-order valence-electron chi connectivity index (χ0n) is 17.3. The predicted molar refractivity (Wildman–Crippen MR) is 110 cm³/mol. The predicted octanol–water partition coefficient (Wildman–Crippen LogP) is 4.72. The van der Waals surface area contributed by atoms with E-state index in [-0.39, 0.29) is 5.41 Å². The molecule has 1 aliphatic heterocycles. The van der Waals surface area contributed by atoms with Gasteiger partial charge in [0.15, 0.2) is 0 Å². The summed E-state index contributed by atoms with van der Waals surface area (Å²) in [4.78, 5) is 18.5. The molecule has 4 aliphatic carbocycles. The zero-order chi connectivity index (χ0) is 18.9. The topological polar surface area (TPSA) is 23.6 Å². The van der Waals surface area contributed by atoms with Crippen LogP contribution in [0.5, 0.6) is 0 Å². The number of nitrogens with zero attached hydrogens (tertiary/aromatic N) is 2. The third-order valence-electron chi connectivity index (χ3n) is 8.00. The lowest BCUT2D eigenvalue weighted by Gasteiger charge is -2.68. The zero-order valence-corrected chi connectivity index (χ0v) is 17.3. The Bertz CT molecular complexity index is 695. The Kier molecular flexibility index (Phi) is 3.59. The van der Waals surface area contributed by atoms with Gasteiger partial charge >= 0.3 is 0 Å². The number of para-hydroxylation sites is 1. The van der Waals surface area contributed by atoms with Crippen LogP contribution < -0.4 is 4.90 Å². The fourth-order valence-electron chi connectivity index (χ4n) is 8.66. The number of hydrogen-bond donors (Lipinski definition) is 0. The molecule has 1 amide bonds. The van der Waals surface area contributed by atoms with E-state index in [0.717, 1.165) is 45.4 Å². The highest BCUT2D eigenvalue weighted by atomic mass is 16.2. The number of rotatable bonds is 2. The first kappa shape index (κ1) is 17.6. The van der Waals surface area contributed by atoms with E-state index in [1.807, 2.05) is 0 Å². The third kappa shape index (κ3) is 2.80. The monoisotopic (exact) mass is 366 g/mol. The summed E-state index contributed by atoms with van der Waals surface area (Å²) in [5.41, 5.74) is 2.33. The molecule has 0 N–H and O–H groups in total. The average Bonchev–Trinajstić information content (AvgIpc) is 2.58. The van der Waals surface area contributed by atoms with Crippen LogP contribution in [0.3, 0.4) is 0 Å². The maximum atomic E-state index is 13.8. The highest BCUT2D eigenvalue weighted by Gasteiger charge is 2.66. The Labute approximate surface area is 164 Å². The summed E-state index contributed by atoms with van der Waals surface area (Å²) >= 11 is 0. The highest BCUT2D eigenvalue weighted by Crippen LogP contribution is 2.73. The second-order valence-corrected chi connectivity index (χ2v) is 11.4. The Morgan fingerprint density at radius 3 is 1.70 bits per heavy atom. The molecular formula is C24H34N2O. The van der Waals surface area contributed by atoms with Crippen molar-refractivity contribution < 1.29 is 4.79 Å². The standard InChI is InChI=1S/C24H34N2O/c1-21-13-22(2)15-23(3,14-21)18-24(16-21,17-22)20(27)26-11-9-25(10-12-26)19-7-5-4-6-8-19/h4-8H,9-18H2,1-3H3. The van der Waals surface area contributed by atoms with Crippen LogP contribution in [0.15, 0.2) is 30.3 Å². The maximum absolute atomic E-state index is 13.8. The van der Waals surface area contributed by atoms with Gasteiger partial charge in [-0.05, 0) is 66.9 Å². The molecule has 4 saturated carbocycles. The first-order chi connectivity index (χ1) is 12.7. The summed E-state index contributed by atoms with van der Waals surface area (Å²) in [5.74, 6) is 0.484. The van der Waals surface area contributed by atoms with Crippen molar-refractivity contribution >= 4 is 11.6 Å². The molecule has 146 valence electrons. The molecule has 1 heterocycles. The van der Waals surface area contributed by atoms with Crippen molar-refractivity contribution in [3.05, 3.63) is 30.3 Å². The van der Waals surface area contributed by atoms with Crippen LogP contribution in [0, 0.1) is 21.7 Å². The van der Waals surface area contributed by atoms with Gasteiger partial charge in [-0.1, -0.05) is 39.0 Å². The van der Waals surface area contributed by atoms with E-state index < -0.39 is 0 Å². The molecule has 0 spiro atoms. The lowest BCUT2D eigenvalue weighted by Crippen LogP contribution is -2.64. The first-order valence-corrected chi connectivity index (χ1v) is 10.8. The Morgan fingerprint density at radius 1 is 0.741 bits per heavy atom. The van der Waals surface area contributed by atoms with Gasteiger partial charge in [0, 0.05) is 31.9 Å². The normalized spacial score (nSPS) is 43.2. The summed E-state index contributed by atoms with van der Waals surface area (Å²) in [6, 6.07) is 10.6. The van der Waals surface area contributed by atoms with Crippen LogP contribution in [0.4, 0.5) is 5.69 Å². The van der Waals surface area contributed by atoms with Crippen LogP contribution in [0.25, 0.3) is 0 Å².